The maximum absolute atomic E-state index is 13.1. The van der Waals surface area contributed by atoms with Gasteiger partial charge in [0, 0.05) is 149 Å². The minimum Gasteiger partial charge on any atom is -0.442 e. The number of sulfone groups is 1. The van der Waals surface area contributed by atoms with E-state index in [4.69, 9.17) is 38.5 Å². The molecule has 13 aromatic rings. The first-order valence-corrected chi connectivity index (χ1v) is 42.4. The predicted molar refractivity (Wildman–Crippen MR) is 442 cm³/mol. The number of terminal acetylenes is 1. The lowest BCUT2D eigenvalue weighted by molar-refractivity contribution is 0.0306. The van der Waals surface area contributed by atoms with E-state index in [0.29, 0.717) is 178 Å². The number of oxazole rings is 1. The number of carbonyl (C=O) groups is 4. The Labute approximate surface area is 667 Å². The number of nitrogens with two attached hydrogens (primary N) is 4. The number of aryl methyl sites for hydroxylation is 2. The summed E-state index contributed by atoms with van der Waals surface area (Å²) in [6.07, 6.45) is 12.0. The molecule has 17 rings (SSSR count). The lowest BCUT2D eigenvalue weighted by atomic mass is 10.0. The smallest absolute Gasteiger partial charge is 0.264 e. The Morgan fingerprint density at radius 3 is 1.50 bits per heavy atom. The van der Waals surface area contributed by atoms with Crippen LogP contribution in [-0.2, 0) is 14.6 Å². The molecule has 0 aliphatic carbocycles. The minimum atomic E-state index is -2.90. The van der Waals surface area contributed by atoms with Crippen LogP contribution >= 0.6 is 68.0 Å². The second-order valence-electron chi connectivity index (χ2n) is 27.3. The van der Waals surface area contributed by atoms with Crippen molar-refractivity contribution in [1.29, 1.82) is 0 Å². The summed E-state index contributed by atoms with van der Waals surface area (Å²) in [6, 6.07) is 18.5. The van der Waals surface area contributed by atoms with Gasteiger partial charge in [0.05, 0.1) is 72.0 Å². The van der Waals surface area contributed by atoms with Crippen molar-refractivity contribution < 1.29 is 36.7 Å². The predicted octanol–water partition coefficient (Wildman–Crippen LogP) is 9.11. The molecule has 0 spiro atoms. The van der Waals surface area contributed by atoms with Gasteiger partial charge < -0.3 is 57.0 Å². The monoisotopic (exact) mass is 1640 g/mol. The van der Waals surface area contributed by atoms with E-state index in [9.17, 15) is 27.6 Å². The average molecular weight is 1640 g/mol. The topological polar surface area (TPSA) is 415 Å². The van der Waals surface area contributed by atoms with Crippen LogP contribution in [0.15, 0.2) is 101 Å². The van der Waals surface area contributed by atoms with Crippen LogP contribution in [0, 0.1) is 26.2 Å². The molecule has 9 N–H and O–H groups in total. The maximum atomic E-state index is 13.1. The molecule has 0 unspecified atom stereocenters. The Morgan fingerprint density at radius 2 is 1.02 bits per heavy atom. The summed E-state index contributed by atoms with van der Waals surface area (Å²) in [5.74, 6) is 6.24. The number of pyridine rings is 1. The number of amides is 4. The fraction of sp³-hybridized carbons (Fsp3) is 0.324. The Morgan fingerprint density at radius 1 is 0.554 bits per heavy atom. The van der Waals surface area contributed by atoms with E-state index in [1.807, 2.05) is 87.8 Å². The summed E-state index contributed by atoms with van der Waals surface area (Å²) >= 11 is 8.21. The zero-order chi connectivity index (χ0) is 78.5. The Balaban J connectivity index is 0.000000125. The van der Waals surface area contributed by atoms with Gasteiger partial charge in [-0.3, -0.25) is 34.0 Å². The number of hydrogen-bond acceptors (Lipinski definition) is 33. The summed E-state index contributed by atoms with van der Waals surface area (Å²) in [6.45, 7) is 20.9. The summed E-state index contributed by atoms with van der Waals surface area (Å²) in [4.78, 5) is 121. The number of benzene rings is 1. The number of nitrogens with zero attached hydrogens (tertiary/aromatic N) is 18. The highest BCUT2D eigenvalue weighted by molar-refractivity contribution is 7.91. The van der Waals surface area contributed by atoms with E-state index in [0.717, 1.165) is 77.9 Å². The number of nitrogens with one attached hydrogen (secondary N) is 1. The first-order chi connectivity index (χ1) is 53.9. The summed E-state index contributed by atoms with van der Waals surface area (Å²) in [5, 5.41) is 10.9. The van der Waals surface area contributed by atoms with Crippen molar-refractivity contribution in [3.05, 3.63) is 133 Å². The van der Waals surface area contributed by atoms with Crippen molar-refractivity contribution >= 4 is 171 Å². The van der Waals surface area contributed by atoms with Gasteiger partial charge in [0.1, 0.15) is 48.9 Å². The average Bonchev–Trinajstić information content (AvgIpc) is 1.50. The van der Waals surface area contributed by atoms with E-state index < -0.39 is 9.84 Å². The van der Waals surface area contributed by atoms with E-state index in [-0.39, 0.29) is 40.7 Å². The number of hydrogen-bond donors (Lipinski definition) is 5. The van der Waals surface area contributed by atoms with E-state index in [1.165, 1.54) is 80.5 Å². The van der Waals surface area contributed by atoms with Gasteiger partial charge in [-0.25, -0.2) is 63.2 Å². The number of carbonyl (C=O) groups excluding carboxylic acids is 4. The van der Waals surface area contributed by atoms with Crippen LogP contribution in [-0.4, -0.2) is 238 Å². The summed E-state index contributed by atoms with van der Waals surface area (Å²) < 4.78 is 33.4. The van der Waals surface area contributed by atoms with Crippen LogP contribution in [0.1, 0.15) is 76.4 Å². The number of rotatable bonds is 12. The molecule has 4 amide bonds. The highest BCUT2D eigenvalue weighted by Crippen LogP contribution is 2.37. The van der Waals surface area contributed by atoms with Gasteiger partial charge in [0.2, 0.25) is 5.82 Å². The molecule has 4 aliphatic heterocycles. The van der Waals surface area contributed by atoms with Gasteiger partial charge in [-0.15, -0.1) is 74.4 Å². The number of fused-ring (bicyclic) bond motifs is 4. The van der Waals surface area contributed by atoms with Gasteiger partial charge in [-0.05, 0) is 83.1 Å². The van der Waals surface area contributed by atoms with Crippen LogP contribution in [0.25, 0.3) is 85.6 Å². The zero-order valence-electron chi connectivity index (χ0n) is 61.5. The summed E-state index contributed by atoms with van der Waals surface area (Å²) in [7, 11) is -2.90. The molecule has 4 fully saturated rings. The quantitative estimate of drug-likeness (QED) is 0.0711. The van der Waals surface area contributed by atoms with Crippen molar-refractivity contribution in [2.24, 2.45) is 0 Å². The molecule has 578 valence electrons. The SMILES string of the molecule is C#Cc1cccc(-c2nc(N)c3cc(C(=O)N4CCN(C(C)(C)C)CC4)sc3n2)c1.Cc1csc(-c2nc(N)c3cc(C(=O)N4CCN(c5ccncc5)CC4)sc3n2)n1.Cc1csc(-c2nc(N)c3cc(C(=O)NCCN4CCS(=O)(=O)CC4)sc3n2)n1.Nc1nc(-c2ncco2)nc2sc(C(=O)N3CCOCC3)cc12. The number of morpholine rings is 1. The largest absolute Gasteiger partial charge is 0.442 e. The molecule has 16 heterocycles. The zero-order valence-corrected chi connectivity index (χ0v) is 67.2. The molecular weight excluding hydrogens is 1560 g/mol. The standard InChI is InChI=1S/C23H25N5OS.C20H19N7OS2.C17H20N6O3S3.C14H13N5O3S/c1-5-15-7-6-8-16(13-15)20-25-19(24)17-14-18(30-21(17)26-20)22(29)27-9-11-28(12-10-27)23(2,3)4;1-12-11-29-19(23-12)17-24-16(21)14-10-15(30-18(14)25-17)20(28)27-8-6-26(7-9-27)13-2-4-22-5-3-13;1-10-9-27-17(20-10)14-21-13(18)11-8-12(28-16(11)22-14)15(24)19-2-3-23-4-6-29(25,26)7-5-23;15-10-8-7-9(14(20)19-2-5-21-6-3-19)23-13(8)18-11(17-10)12-16-1-4-22-12/h1,6-8,13-14H,9-12H2,2-4H3,(H2,24,25,26);2-5,10-11H,6-9H2,1H3,(H2,21,24,25);8-9H,2-7H2,1H3,(H,19,24)(H2,18,21,22);1,4,7H,2-3,5-6H2,(H2,15,17,18). The highest BCUT2D eigenvalue weighted by Gasteiger charge is 2.31. The van der Waals surface area contributed by atoms with Crippen molar-refractivity contribution in [2.75, 3.05) is 144 Å². The van der Waals surface area contributed by atoms with Crippen molar-refractivity contribution in [1.82, 2.24) is 89.6 Å². The molecule has 38 heteroatoms. The Kier molecular flexibility index (Phi) is 23.5. The fourth-order valence-corrected chi connectivity index (χ4v) is 19.2. The number of aromatic nitrogens is 12. The molecule has 12 aromatic heterocycles. The molecule has 1 aromatic carbocycles. The highest BCUT2D eigenvalue weighted by atomic mass is 32.2. The molecule has 0 saturated carbocycles. The van der Waals surface area contributed by atoms with Gasteiger partial charge in [0.25, 0.3) is 29.5 Å². The molecule has 4 saturated heterocycles. The van der Waals surface area contributed by atoms with Crippen molar-refractivity contribution in [2.45, 2.75) is 40.2 Å². The number of nitrogen functional groups attached to an aromatic ring is 4. The van der Waals surface area contributed by atoms with Crippen LogP contribution in [0.2, 0.25) is 0 Å². The Hall–Kier alpha value is -10.7. The third kappa shape index (κ3) is 18.1. The number of ether oxygens (including phenoxy) is 1. The van der Waals surface area contributed by atoms with Crippen LogP contribution in [0.5, 0.6) is 0 Å². The first-order valence-electron chi connectivity index (χ1n) is 35.5. The first kappa shape index (κ1) is 78.0. The maximum Gasteiger partial charge on any atom is 0.264 e. The second-order valence-corrected chi connectivity index (χ2v) is 35.4. The van der Waals surface area contributed by atoms with Gasteiger partial charge in [0.15, 0.2) is 37.3 Å². The molecule has 4 aliphatic rings. The minimum absolute atomic E-state index is 0.0124. The van der Waals surface area contributed by atoms with Gasteiger partial charge in [-0.2, -0.15) is 0 Å². The summed E-state index contributed by atoms with van der Waals surface area (Å²) in [5.41, 5.74) is 29.1. The molecule has 0 bridgehead atoms. The molecule has 31 nitrogen and oxygen atoms in total. The Bertz CT molecular complexity index is 5780. The molecular formula is C74H77N23O8S7. The number of anilines is 5. The van der Waals surface area contributed by atoms with Crippen molar-refractivity contribution in [3.8, 4) is 57.1 Å². The number of thiophene rings is 4. The van der Waals surface area contributed by atoms with Crippen LogP contribution < -0.4 is 33.2 Å². The lowest BCUT2D eigenvalue weighted by Crippen LogP contribution is -2.54. The van der Waals surface area contributed by atoms with Crippen LogP contribution in [0.3, 0.4) is 0 Å². The third-order valence-electron chi connectivity index (χ3n) is 18.6. The number of piperazine rings is 2. The normalized spacial score (nSPS) is 15.5. The molecule has 0 atom stereocenters. The lowest BCUT2D eigenvalue weighted by Gasteiger charge is -2.42. The van der Waals surface area contributed by atoms with E-state index in [2.05, 4.69) is 102 Å². The van der Waals surface area contributed by atoms with Gasteiger partial charge in [-0.1, -0.05) is 18.1 Å². The number of thiazole rings is 2. The van der Waals surface area contributed by atoms with Gasteiger partial charge >= 0.3 is 0 Å². The van der Waals surface area contributed by atoms with E-state index in [1.54, 1.807) is 29.4 Å². The van der Waals surface area contributed by atoms with Crippen LogP contribution in [0.4, 0.5) is 29.0 Å². The van der Waals surface area contributed by atoms with Crippen molar-refractivity contribution in [3.63, 3.8) is 0 Å². The van der Waals surface area contributed by atoms with E-state index >= 15 is 0 Å². The molecule has 112 heavy (non-hydrogen) atoms. The third-order valence-corrected chi connectivity index (χ3v) is 26.2. The molecule has 0 radical (unpaired) electrons. The fourth-order valence-electron chi connectivity index (χ4n) is 12.5. The second kappa shape index (κ2) is 33.7.